The SMILES string of the molecule is CC.Cn1nc(-c2ccc3[nH]c(=O)[nH]c3c2)c2cc(-c3ccnn3Cc3ccc(C#N)cc3)ncc21. The minimum atomic E-state index is -0.236. The number of nitrogens with zero attached hydrogens (tertiary/aromatic N) is 6. The molecule has 36 heavy (non-hydrogen) atoms. The first-order valence-corrected chi connectivity index (χ1v) is 11.7. The number of nitrogens with one attached hydrogen (secondary N) is 2. The van der Waals surface area contributed by atoms with Gasteiger partial charge in [0.1, 0.15) is 5.69 Å². The van der Waals surface area contributed by atoms with Gasteiger partial charge in [0.05, 0.1) is 52.3 Å². The van der Waals surface area contributed by atoms with Crippen molar-refractivity contribution in [2.45, 2.75) is 20.4 Å². The minimum absolute atomic E-state index is 0.236. The molecule has 0 saturated carbocycles. The summed E-state index contributed by atoms with van der Waals surface area (Å²) in [5.41, 5.74) is 7.19. The highest BCUT2D eigenvalue weighted by Gasteiger charge is 2.16. The molecule has 0 spiro atoms. The van der Waals surface area contributed by atoms with Crippen LogP contribution in [0.2, 0.25) is 0 Å². The Kier molecular flexibility index (Phi) is 5.92. The Bertz CT molecular complexity index is 1780. The number of aromatic nitrogens is 7. The van der Waals surface area contributed by atoms with Crippen molar-refractivity contribution in [2.24, 2.45) is 7.05 Å². The first-order chi connectivity index (χ1) is 17.6. The number of aromatic amines is 2. The monoisotopic (exact) mass is 476 g/mol. The van der Waals surface area contributed by atoms with Gasteiger partial charge in [-0.3, -0.25) is 14.3 Å². The highest BCUT2D eigenvalue weighted by Crippen LogP contribution is 2.31. The van der Waals surface area contributed by atoms with E-state index in [0.717, 1.165) is 50.1 Å². The van der Waals surface area contributed by atoms with Gasteiger partial charge in [0.25, 0.3) is 0 Å². The number of benzene rings is 2. The van der Waals surface area contributed by atoms with Crippen LogP contribution in [0.4, 0.5) is 0 Å². The van der Waals surface area contributed by atoms with E-state index >= 15 is 0 Å². The highest BCUT2D eigenvalue weighted by atomic mass is 16.1. The molecule has 178 valence electrons. The number of nitriles is 1. The molecule has 4 aromatic heterocycles. The number of aryl methyl sites for hydroxylation is 1. The number of imidazole rings is 1. The van der Waals surface area contributed by atoms with Gasteiger partial charge in [-0.05, 0) is 42.0 Å². The van der Waals surface area contributed by atoms with Crippen molar-refractivity contribution < 1.29 is 0 Å². The van der Waals surface area contributed by atoms with Crippen LogP contribution in [0.3, 0.4) is 0 Å². The molecule has 6 aromatic rings. The lowest BCUT2D eigenvalue weighted by atomic mass is 10.1. The van der Waals surface area contributed by atoms with Crippen molar-refractivity contribution in [3.8, 4) is 28.7 Å². The van der Waals surface area contributed by atoms with Crippen LogP contribution in [0.15, 0.2) is 71.8 Å². The molecule has 6 rings (SSSR count). The average molecular weight is 477 g/mol. The van der Waals surface area contributed by atoms with Gasteiger partial charge >= 0.3 is 5.69 Å². The van der Waals surface area contributed by atoms with Crippen LogP contribution in [0.25, 0.3) is 44.6 Å². The summed E-state index contributed by atoms with van der Waals surface area (Å²) in [6.45, 7) is 4.56. The van der Waals surface area contributed by atoms with Crippen molar-refractivity contribution in [1.82, 2.24) is 34.5 Å². The summed E-state index contributed by atoms with van der Waals surface area (Å²) < 4.78 is 3.70. The van der Waals surface area contributed by atoms with Crippen LogP contribution in [-0.4, -0.2) is 34.5 Å². The maximum atomic E-state index is 11.7. The Morgan fingerprint density at radius 1 is 1.00 bits per heavy atom. The standard InChI is InChI=1S/C25H18N8O.C2H6/c1-32-23-13-27-21(22-8-9-28-33(22)14-16-4-2-15(12-26)3-5-16)11-18(23)24(31-32)17-6-7-19-20(10-17)30-25(34)29-19;1-2/h2-11,13H,14H2,1H3,(H2,29,30,34);1-2H3. The molecule has 0 amide bonds. The predicted octanol–water partition coefficient (Wildman–Crippen LogP) is 4.61. The second kappa shape index (κ2) is 9.35. The second-order valence-electron chi connectivity index (χ2n) is 8.08. The van der Waals surface area contributed by atoms with Gasteiger partial charge in [0, 0.05) is 24.2 Å². The normalized spacial score (nSPS) is 10.8. The second-order valence-corrected chi connectivity index (χ2v) is 8.08. The highest BCUT2D eigenvalue weighted by molar-refractivity contribution is 5.96. The van der Waals surface area contributed by atoms with Gasteiger partial charge in [-0.25, -0.2) is 4.79 Å². The fraction of sp³-hybridized carbons (Fsp3) is 0.148. The number of hydrogen-bond donors (Lipinski definition) is 2. The molecule has 0 aliphatic heterocycles. The number of hydrogen-bond acceptors (Lipinski definition) is 5. The smallest absolute Gasteiger partial charge is 0.306 e. The van der Waals surface area contributed by atoms with Gasteiger partial charge in [-0.2, -0.15) is 15.5 Å². The van der Waals surface area contributed by atoms with Crippen molar-refractivity contribution in [2.75, 3.05) is 0 Å². The average Bonchev–Trinajstić information content (AvgIpc) is 3.61. The third-order valence-corrected chi connectivity index (χ3v) is 5.92. The fourth-order valence-corrected chi connectivity index (χ4v) is 4.22. The molecular formula is C27H24N8O. The zero-order chi connectivity index (χ0) is 25.2. The van der Waals surface area contributed by atoms with E-state index in [-0.39, 0.29) is 5.69 Å². The van der Waals surface area contributed by atoms with E-state index in [1.807, 2.05) is 74.2 Å². The van der Waals surface area contributed by atoms with E-state index in [9.17, 15) is 4.79 Å². The Balaban J connectivity index is 0.00000130. The van der Waals surface area contributed by atoms with Gasteiger partial charge in [-0.15, -0.1) is 0 Å². The van der Waals surface area contributed by atoms with Crippen LogP contribution in [0.1, 0.15) is 25.0 Å². The summed E-state index contributed by atoms with van der Waals surface area (Å²) in [5.74, 6) is 0. The molecular weight excluding hydrogens is 452 g/mol. The van der Waals surface area contributed by atoms with Gasteiger partial charge < -0.3 is 9.97 Å². The maximum Gasteiger partial charge on any atom is 0.323 e. The zero-order valence-electron chi connectivity index (χ0n) is 20.1. The molecule has 0 unspecified atom stereocenters. The van der Waals surface area contributed by atoms with Crippen molar-refractivity contribution in [3.05, 3.63) is 88.6 Å². The summed E-state index contributed by atoms with van der Waals surface area (Å²) in [5, 5.41) is 19.2. The Morgan fingerprint density at radius 3 is 2.56 bits per heavy atom. The lowest BCUT2D eigenvalue weighted by Crippen LogP contribution is -2.04. The fourth-order valence-electron chi connectivity index (χ4n) is 4.22. The lowest BCUT2D eigenvalue weighted by molar-refractivity contribution is 0.693. The number of fused-ring (bicyclic) bond motifs is 2. The van der Waals surface area contributed by atoms with E-state index in [4.69, 9.17) is 10.4 Å². The van der Waals surface area contributed by atoms with Crippen LogP contribution in [-0.2, 0) is 13.6 Å². The Hall–Kier alpha value is -4.97. The lowest BCUT2D eigenvalue weighted by Gasteiger charge is -2.08. The number of rotatable bonds is 4. The topological polar surface area (TPSA) is 121 Å². The first-order valence-electron chi connectivity index (χ1n) is 11.7. The van der Waals surface area contributed by atoms with Gasteiger partial charge in [0.2, 0.25) is 0 Å². The number of H-pyrrole nitrogens is 2. The molecule has 0 aliphatic rings. The number of pyridine rings is 1. The predicted molar refractivity (Wildman–Crippen MR) is 139 cm³/mol. The van der Waals surface area contributed by atoms with Crippen LogP contribution >= 0.6 is 0 Å². The summed E-state index contributed by atoms with van der Waals surface area (Å²) in [4.78, 5) is 21.9. The molecule has 9 heteroatoms. The van der Waals surface area contributed by atoms with Gasteiger partial charge in [0.15, 0.2) is 0 Å². The molecule has 0 aliphatic carbocycles. The summed E-state index contributed by atoms with van der Waals surface area (Å²) in [6, 6.07) is 19.3. The van der Waals surface area contributed by atoms with Crippen molar-refractivity contribution in [1.29, 1.82) is 5.26 Å². The Morgan fingerprint density at radius 2 is 1.78 bits per heavy atom. The van der Waals surface area contributed by atoms with Crippen molar-refractivity contribution >= 4 is 21.9 Å². The zero-order valence-corrected chi connectivity index (χ0v) is 20.1. The van der Waals surface area contributed by atoms with Crippen LogP contribution in [0, 0.1) is 11.3 Å². The maximum absolute atomic E-state index is 11.7. The molecule has 0 atom stereocenters. The molecule has 0 saturated heterocycles. The molecule has 2 N–H and O–H groups in total. The molecule has 0 bridgehead atoms. The summed E-state index contributed by atoms with van der Waals surface area (Å²) >= 11 is 0. The third kappa shape index (κ3) is 4.05. The molecule has 2 aromatic carbocycles. The third-order valence-electron chi connectivity index (χ3n) is 5.92. The Labute approximate surface area is 206 Å². The first kappa shape index (κ1) is 22.8. The largest absolute Gasteiger partial charge is 0.323 e. The quantitative estimate of drug-likeness (QED) is 0.385. The van der Waals surface area contributed by atoms with E-state index < -0.39 is 0 Å². The van der Waals surface area contributed by atoms with Crippen LogP contribution < -0.4 is 5.69 Å². The molecule has 0 fully saturated rings. The molecule has 9 nitrogen and oxygen atoms in total. The summed E-state index contributed by atoms with van der Waals surface area (Å²) in [7, 11) is 1.89. The van der Waals surface area contributed by atoms with Gasteiger partial charge in [-0.1, -0.05) is 32.0 Å². The van der Waals surface area contributed by atoms with E-state index in [1.54, 1.807) is 23.0 Å². The van der Waals surface area contributed by atoms with E-state index in [1.165, 1.54) is 0 Å². The minimum Gasteiger partial charge on any atom is -0.306 e. The molecule has 4 heterocycles. The van der Waals surface area contributed by atoms with Crippen LogP contribution in [0.5, 0.6) is 0 Å². The van der Waals surface area contributed by atoms with Crippen molar-refractivity contribution in [3.63, 3.8) is 0 Å². The summed E-state index contributed by atoms with van der Waals surface area (Å²) in [6.07, 6.45) is 3.57. The molecule has 0 radical (unpaired) electrons. The van der Waals surface area contributed by atoms with E-state index in [0.29, 0.717) is 12.1 Å². The van der Waals surface area contributed by atoms with E-state index in [2.05, 4.69) is 26.1 Å².